The Hall–Kier alpha value is -3.33. The molecule has 1 aliphatic rings. The molecule has 0 saturated carbocycles. The summed E-state index contributed by atoms with van der Waals surface area (Å²) in [5, 5.41) is 0. The summed E-state index contributed by atoms with van der Waals surface area (Å²) in [6, 6.07) is 16.1. The number of esters is 1. The topological polar surface area (TPSA) is 29.5 Å². The van der Waals surface area contributed by atoms with Crippen molar-refractivity contribution in [3.63, 3.8) is 0 Å². The molecule has 1 aliphatic heterocycles. The molecule has 238 valence electrons. The molecule has 4 rings (SSSR count). The molecule has 44 heavy (non-hydrogen) atoms. The molecule has 9 heteroatoms. The van der Waals surface area contributed by atoms with E-state index in [0.29, 0.717) is 18.5 Å². The number of alkyl halides is 6. The van der Waals surface area contributed by atoms with E-state index in [1.807, 2.05) is 39.0 Å². The van der Waals surface area contributed by atoms with Gasteiger partial charge in [0.1, 0.15) is 0 Å². The van der Waals surface area contributed by atoms with Crippen LogP contribution in [0.4, 0.5) is 26.3 Å². The van der Waals surface area contributed by atoms with Crippen molar-refractivity contribution in [1.29, 1.82) is 0 Å². The Labute approximate surface area is 255 Å². The Morgan fingerprint density at radius 3 is 1.98 bits per heavy atom. The number of hydrogen-bond acceptors (Lipinski definition) is 3. The van der Waals surface area contributed by atoms with Gasteiger partial charge in [-0.25, -0.2) is 0 Å². The molecule has 1 fully saturated rings. The van der Waals surface area contributed by atoms with Gasteiger partial charge in [0.15, 0.2) is 0 Å². The quantitative estimate of drug-likeness (QED) is 0.176. The number of rotatable bonds is 9. The van der Waals surface area contributed by atoms with Crippen LogP contribution in [0, 0.1) is 5.92 Å². The van der Waals surface area contributed by atoms with Crippen molar-refractivity contribution in [2.24, 2.45) is 5.92 Å². The number of carbonyl (C=O) groups is 1. The number of benzene rings is 3. The molecular weight excluding hydrogens is 580 g/mol. The SMILES string of the molecule is CCOC(=O)[C@H](CC(C)C)c1cc(-c2ccc(C(F)(F)F)cc2)cc(C2CCCN(C(C)c3ccc(C(F)(F)F)cc3)C2)c1. The average Bonchev–Trinajstić information content (AvgIpc) is 2.98. The van der Waals surface area contributed by atoms with Crippen LogP contribution in [0.25, 0.3) is 11.1 Å². The lowest BCUT2D eigenvalue weighted by molar-refractivity contribution is -0.145. The summed E-state index contributed by atoms with van der Waals surface area (Å²) in [7, 11) is 0. The average molecular weight is 620 g/mol. The largest absolute Gasteiger partial charge is 0.466 e. The summed E-state index contributed by atoms with van der Waals surface area (Å²) in [6.07, 6.45) is -6.57. The first-order valence-corrected chi connectivity index (χ1v) is 15.1. The Morgan fingerprint density at radius 1 is 0.841 bits per heavy atom. The molecule has 0 amide bonds. The summed E-state index contributed by atoms with van der Waals surface area (Å²) in [5.41, 5.74) is 2.43. The van der Waals surface area contributed by atoms with Crippen LogP contribution in [-0.4, -0.2) is 30.6 Å². The maximum absolute atomic E-state index is 13.3. The zero-order valence-corrected chi connectivity index (χ0v) is 25.4. The summed E-state index contributed by atoms with van der Waals surface area (Å²) in [6.45, 7) is 9.44. The number of hydrogen-bond donors (Lipinski definition) is 0. The first-order valence-electron chi connectivity index (χ1n) is 15.1. The number of ether oxygens (including phenoxy) is 1. The second-order valence-corrected chi connectivity index (χ2v) is 12.0. The summed E-state index contributed by atoms with van der Waals surface area (Å²) >= 11 is 0. The molecule has 0 spiro atoms. The highest BCUT2D eigenvalue weighted by Crippen LogP contribution is 2.39. The maximum atomic E-state index is 13.3. The van der Waals surface area contributed by atoms with E-state index in [-0.39, 0.29) is 30.5 Å². The van der Waals surface area contributed by atoms with Crippen LogP contribution in [0.15, 0.2) is 66.7 Å². The van der Waals surface area contributed by atoms with Gasteiger partial charge in [-0.15, -0.1) is 0 Å². The third-order valence-electron chi connectivity index (χ3n) is 8.40. The Bertz CT molecular complexity index is 1400. The molecule has 0 radical (unpaired) electrons. The van der Waals surface area contributed by atoms with Crippen molar-refractivity contribution in [2.75, 3.05) is 19.7 Å². The molecule has 3 nitrogen and oxygen atoms in total. The van der Waals surface area contributed by atoms with Crippen molar-refractivity contribution >= 4 is 5.97 Å². The predicted molar refractivity (Wildman–Crippen MR) is 159 cm³/mol. The third kappa shape index (κ3) is 8.23. The van der Waals surface area contributed by atoms with Gasteiger partial charge >= 0.3 is 18.3 Å². The number of nitrogens with zero attached hydrogens (tertiary/aromatic N) is 1. The molecule has 3 aromatic carbocycles. The van der Waals surface area contributed by atoms with E-state index in [0.717, 1.165) is 65.9 Å². The number of carbonyl (C=O) groups excluding carboxylic acids is 1. The normalized spacial score (nSPS) is 17.8. The Kier molecular flexibility index (Phi) is 10.5. The smallest absolute Gasteiger partial charge is 0.416 e. The summed E-state index contributed by atoms with van der Waals surface area (Å²) < 4.78 is 84.6. The molecule has 3 atom stereocenters. The van der Waals surface area contributed by atoms with Crippen molar-refractivity contribution in [3.05, 3.63) is 94.5 Å². The molecule has 0 aliphatic carbocycles. The van der Waals surface area contributed by atoms with E-state index in [1.165, 1.54) is 24.3 Å². The molecule has 0 N–H and O–H groups in total. The van der Waals surface area contributed by atoms with Gasteiger partial charge in [0.25, 0.3) is 0 Å². The van der Waals surface area contributed by atoms with Crippen molar-refractivity contribution in [3.8, 4) is 11.1 Å². The van der Waals surface area contributed by atoms with Crippen LogP contribution in [-0.2, 0) is 21.9 Å². The minimum Gasteiger partial charge on any atom is -0.466 e. The number of likely N-dealkylation sites (tertiary alicyclic amines) is 1. The van der Waals surface area contributed by atoms with E-state index >= 15 is 0 Å². The lowest BCUT2D eigenvalue weighted by Crippen LogP contribution is -2.36. The minimum absolute atomic E-state index is 0.0516. The van der Waals surface area contributed by atoms with Crippen LogP contribution in [0.1, 0.15) is 92.7 Å². The molecule has 1 saturated heterocycles. The second-order valence-electron chi connectivity index (χ2n) is 12.0. The van der Waals surface area contributed by atoms with E-state index in [1.54, 1.807) is 6.92 Å². The highest BCUT2D eigenvalue weighted by atomic mass is 19.4. The zero-order valence-electron chi connectivity index (χ0n) is 25.4. The van der Waals surface area contributed by atoms with Crippen LogP contribution in [0.2, 0.25) is 0 Å². The van der Waals surface area contributed by atoms with Crippen LogP contribution < -0.4 is 0 Å². The van der Waals surface area contributed by atoms with Gasteiger partial charge in [0, 0.05) is 12.6 Å². The molecule has 1 heterocycles. The molecular formula is C35H39F6NO2. The molecule has 3 aromatic rings. The van der Waals surface area contributed by atoms with Gasteiger partial charge < -0.3 is 4.74 Å². The van der Waals surface area contributed by atoms with E-state index in [9.17, 15) is 31.1 Å². The number of halogens is 6. The summed E-state index contributed by atoms with van der Waals surface area (Å²) in [5.74, 6) is -0.625. The van der Waals surface area contributed by atoms with Crippen molar-refractivity contribution < 1.29 is 35.9 Å². The molecule has 0 aromatic heterocycles. The fourth-order valence-electron chi connectivity index (χ4n) is 6.01. The first kappa shape index (κ1) is 33.6. The maximum Gasteiger partial charge on any atom is 0.416 e. The highest BCUT2D eigenvalue weighted by molar-refractivity contribution is 5.79. The van der Waals surface area contributed by atoms with Crippen LogP contribution >= 0.6 is 0 Å². The van der Waals surface area contributed by atoms with Crippen molar-refractivity contribution in [1.82, 2.24) is 4.90 Å². The van der Waals surface area contributed by atoms with Gasteiger partial charge in [-0.3, -0.25) is 9.69 Å². The predicted octanol–water partition coefficient (Wildman–Crippen LogP) is 10.0. The van der Waals surface area contributed by atoms with Crippen LogP contribution in [0.3, 0.4) is 0 Å². The highest BCUT2D eigenvalue weighted by Gasteiger charge is 2.32. The van der Waals surface area contributed by atoms with Crippen molar-refractivity contribution in [2.45, 2.75) is 77.2 Å². The molecule has 0 bridgehead atoms. The van der Waals surface area contributed by atoms with Gasteiger partial charge in [-0.2, -0.15) is 26.3 Å². The van der Waals surface area contributed by atoms with Gasteiger partial charge in [0.2, 0.25) is 0 Å². The van der Waals surface area contributed by atoms with E-state index < -0.39 is 29.4 Å². The fourth-order valence-corrected chi connectivity index (χ4v) is 6.01. The third-order valence-corrected chi connectivity index (χ3v) is 8.40. The second kappa shape index (κ2) is 13.8. The number of piperidine rings is 1. The van der Waals surface area contributed by atoms with Crippen LogP contribution in [0.5, 0.6) is 0 Å². The monoisotopic (exact) mass is 619 g/mol. The van der Waals surface area contributed by atoms with Gasteiger partial charge in [-0.05, 0) is 104 Å². The van der Waals surface area contributed by atoms with E-state index in [4.69, 9.17) is 4.74 Å². The van der Waals surface area contributed by atoms with Gasteiger partial charge in [0.05, 0.1) is 23.7 Å². The van der Waals surface area contributed by atoms with E-state index in [2.05, 4.69) is 4.90 Å². The first-order chi connectivity index (χ1) is 20.7. The summed E-state index contributed by atoms with van der Waals surface area (Å²) in [4.78, 5) is 15.4. The zero-order chi connectivity index (χ0) is 32.2. The van der Waals surface area contributed by atoms with Gasteiger partial charge in [-0.1, -0.05) is 56.3 Å². The standard InChI is InChI=1S/C35H39F6NO2/c1-5-44-33(43)32(17-22(2)3)29-19-27(25-10-14-31(15-11-25)35(39,40)41)18-28(20-29)26-7-6-16-42(21-26)23(4)24-8-12-30(13-9-24)34(36,37)38/h8-15,18-20,22-23,26,32H,5-7,16-17,21H2,1-4H3/t23?,26?,32-/m1/s1. The molecule has 2 unspecified atom stereocenters. The Balaban J connectivity index is 1.70. The Morgan fingerprint density at radius 2 is 1.43 bits per heavy atom. The lowest BCUT2D eigenvalue weighted by atomic mass is 9.82. The lowest BCUT2D eigenvalue weighted by Gasteiger charge is -2.37. The minimum atomic E-state index is -4.45. The fraction of sp³-hybridized carbons (Fsp3) is 0.457.